The van der Waals surface area contributed by atoms with Crippen LogP contribution in [0.1, 0.15) is 45.1 Å². The highest BCUT2D eigenvalue weighted by Crippen LogP contribution is 2.58. The molecule has 0 saturated carbocycles. The number of hydrogen-bond donors (Lipinski definition) is 1. The molecule has 1 atom stereocenters. The summed E-state index contributed by atoms with van der Waals surface area (Å²) in [4.78, 5) is 16.2. The quantitative estimate of drug-likeness (QED) is 0.163. The highest BCUT2D eigenvalue weighted by molar-refractivity contribution is 6.15. The second kappa shape index (κ2) is 15.1. The van der Waals surface area contributed by atoms with Gasteiger partial charge in [0.1, 0.15) is 12.0 Å². The number of aliphatic imine (C=N–C) groups is 2. The third-order valence-corrected chi connectivity index (χ3v) is 12.8. The lowest BCUT2D eigenvalue weighted by atomic mass is 9.67. The third-order valence-electron chi connectivity index (χ3n) is 12.8. The number of nitrogens with one attached hydrogen (secondary N) is 1. The monoisotopic (exact) mass is 804 g/mol. The van der Waals surface area contributed by atoms with Gasteiger partial charge in [-0.15, -0.1) is 0 Å². The summed E-state index contributed by atoms with van der Waals surface area (Å²) in [5.74, 6) is 1.44. The molecule has 63 heavy (non-hydrogen) atoms. The molecular weight excluding hydrogens is 765 g/mol. The molecule has 10 aromatic rings. The van der Waals surface area contributed by atoms with E-state index in [1.54, 1.807) is 0 Å². The number of fused-ring (bicyclic) bond motifs is 6. The fourth-order valence-electron chi connectivity index (χ4n) is 10.0. The first kappa shape index (κ1) is 36.6. The Balaban J connectivity index is 1.16. The zero-order valence-electron chi connectivity index (χ0n) is 34.4. The van der Waals surface area contributed by atoms with Crippen molar-refractivity contribution in [2.75, 3.05) is 0 Å². The number of amidine groups is 2. The maximum atomic E-state index is 5.44. The van der Waals surface area contributed by atoms with E-state index in [1.807, 2.05) is 12.1 Å². The van der Waals surface area contributed by atoms with Crippen LogP contribution in [0.2, 0.25) is 0 Å². The Kier molecular flexibility index (Phi) is 8.75. The predicted molar refractivity (Wildman–Crippen MR) is 259 cm³/mol. The molecule has 0 fully saturated rings. The van der Waals surface area contributed by atoms with Gasteiger partial charge >= 0.3 is 0 Å². The van der Waals surface area contributed by atoms with Crippen LogP contribution >= 0.6 is 0 Å². The Morgan fingerprint density at radius 1 is 0.413 bits per heavy atom. The van der Waals surface area contributed by atoms with Gasteiger partial charge in [-0.3, -0.25) is 0 Å². The van der Waals surface area contributed by atoms with Gasteiger partial charge in [-0.2, -0.15) is 0 Å². The maximum absolute atomic E-state index is 5.44. The van der Waals surface area contributed by atoms with Crippen LogP contribution in [-0.4, -0.2) is 16.7 Å². The van der Waals surface area contributed by atoms with E-state index in [0.29, 0.717) is 5.84 Å². The molecule has 0 saturated heterocycles. The van der Waals surface area contributed by atoms with Crippen molar-refractivity contribution >= 4 is 33.3 Å². The summed E-state index contributed by atoms with van der Waals surface area (Å²) in [5, 5.41) is 7.06. The number of benzene rings is 9. The summed E-state index contributed by atoms with van der Waals surface area (Å²) >= 11 is 0. The van der Waals surface area contributed by atoms with Crippen LogP contribution in [0, 0.1) is 0 Å². The maximum Gasteiger partial charge on any atom is 0.159 e. The summed E-state index contributed by atoms with van der Waals surface area (Å²) in [7, 11) is 0. The number of rotatable bonds is 7. The molecule has 1 N–H and O–H groups in total. The Bertz CT molecular complexity index is 3370. The second-order valence-corrected chi connectivity index (χ2v) is 16.3. The van der Waals surface area contributed by atoms with Crippen molar-refractivity contribution in [1.82, 2.24) is 10.3 Å². The molecule has 296 valence electrons. The number of hydrogen-bond acceptors (Lipinski definition) is 4. The fourth-order valence-corrected chi connectivity index (χ4v) is 10.0. The molecule has 0 radical (unpaired) electrons. The topological polar surface area (TPSA) is 49.6 Å². The van der Waals surface area contributed by atoms with Crippen LogP contribution in [0.5, 0.6) is 0 Å². The number of aromatic nitrogens is 1. The normalized spacial score (nSPS) is 15.0. The molecule has 2 heterocycles. The van der Waals surface area contributed by atoms with Crippen molar-refractivity contribution < 1.29 is 0 Å². The summed E-state index contributed by atoms with van der Waals surface area (Å²) in [6.07, 6.45) is -0.342. The summed E-state index contributed by atoms with van der Waals surface area (Å²) in [5.41, 5.74) is 15.0. The van der Waals surface area contributed by atoms with Gasteiger partial charge in [0.05, 0.1) is 16.6 Å². The van der Waals surface area contributed by atoms with E-state index in [1.165, 1.54) is 38.8 Å². The van der Waals surface area contributed by atoms with Crippen LogP contribution < -0.4 is 5.32 Å². The predicted octanol–water partition coefficient (Wildman–Crippen LogP) is 13.6. The fraction of sp³-hybridized carbons (Fsp3) is 0.0339. The SMILES string of the molecule is c1ccc(C2=NC(c3cc(-c4cccc5c4-c4ccccc4C5(c4ccccc4)c4ccccc4)cc(-c4nc5ccccc5c5ccccc45)c3)=NC(c3ccccc3)N2)cc1. The standard InChI is InChI=1S/C59H40N4/c1-5-20-39(21-6-1)56-61-57(40-22-7-2-8-23-40)63-58(62-56)43-37-41(36-42(38-43)55-49-30-14-13-28-47(49)48-29-16-18-35-53(48)60-55)46-32-19-34-52-54(46)50-31-15-17-33-51(50)59(52,44-24-9-3-10-25-44)45-26-11-4-12-27-45/h1-38,56H,(H,61,62,63). The van der Waals surface area contributed by atoms with Gasteiger partial charge in [0.2, 0.25) is 0 Å². The van der Waals surface area contributed by atoms with E-state index in [-0.39, 0.29) is 6.17 Å². The Morgan fingerprint density at radius 3 is 1.71 bits per heavy atom. The first-order valence-electron chi connectivity index (χ1n) is 21.6. The molecule has 1 aliphatic carbocycles. The van der Waals surface area contributed by atoms with Gasteiger partial charge in [0.15, 0.2) is 5.84 Å². The number of para-hydroxylation sites is 1. The molecule has 0 spiro atoms. The third kappa shape index (κ3) is 6.02. The minimum Gasteiger partial charge on any atom is -0.344 e. The van der Waals surface area contributed by atoms with Gasteiger partial charge in [-0.05, 0) is 79.7 Å². The molecule has 4 nitrogen and oxygen atoms in total. The summed E-state index contributed by atoms with van der Waals surface area (Å²) < 4.78 is 0. The van der Waals surface area contributed by atoms with Crippen molar-refractivity contribution in [2.45, 2.75) is 11.6 Å². The lowest BCUT2D eigenvalue weighted by Gasteiger charge is -2.34. The molecule has 9 aromatic carbocycles. The molecule has 12 rings (SSSR count). The highest BCUT2D eigenvalue weighted by atomic mass is 15.2. The molecule has 0 amide bonds. The molecular formula is C59H40N4. The van der Waals surface area contributed by atoms with Crippen molar-refractivity contribution in [3.8, 4) is 33.5 Å². The smallest absolute Gasteiger partial charge is 0.159 e. The molecule has 0 bridgehead atoms. The largest absolute Gasteiger partial charge is 0.344 e. The van der Waals surface area contributed by atoms with Crippen LogP contribution in [0.15, 0.2) is 241 Å². The van der Waals surface area contributed by atoms with Gasteiger partial charge in [0, 0.05) is 27.5 Å². The Labute approximate surface area is 366 Å². The van der Waals surface area contributed by atoms with Crippen LogP contribution in [0.25, 0.3) is 55.2 Å². The van der Waals surface area contributed by atoms with Crippen LogP contribution in [0.4, 0.5) is 0 Å². The molecule has 1 unspecified atom stereocenters. The average molecular weight is 805 g/mol. The molecule has 2 aliphatic rings. The van der Waals surface area contributed by atoms with E-state index < -0.39 is 5.41 Å². The molecule has 1 aromatic heterocycles. The summed E-state index contributed by atoms with van der Waals surface area (Å²) in [6.45, 7) is 0. The van der Waals surface area contributed by atoms with Crippen molar-refractivity contribution in [3.63, 3.8) is 0 Å². The first-order chi connectivity index (χ1) is 31.2. The van der Waals surface area contributed by atoms with E-state index in [4.69, 9.17) is 15.0 Å². The minimum absolute atomic E-state index is 0.342. The lowest BCUT2D eigenvalue weighted by molar-refractivity contribution is 0.674. The van der Waals surface area contributed by atoms with Gasteiger partial charge in [0.25, 0.3) is 0 Å². The average Bonchev–Trinajstić information content (AvgIpc) is 3.68. The van der Waals surface area contributed by atoms with Crippen molar-refractivity contribution in [1.29, 1.82) is 0 Å². The second-order valence-electron chi connectivity index (χ2n) is 16.3. The van der Waals surface area contributed by atoms with E-state index in [9.17, 15) is 0 Å². The van der Waals surface area contributed by atoms with Crippen LogP contribution in [0.3, 0.4) is 0 Å². The van der Waals surface area contributed by atoms with E-state index in [0.717, 1.165) is 61.2 Å². The number of pyridine rings is 1. The van der Waals surface area contributed by atoms with Gasteiger partial charge in [-0.1, -0.05) is 206 Å². The van der Waals surface area contributed by atoms with Gasteiger partial charge in [-0.25, -0.2) is 15.0 Å². The van der Waals surface area contributed by atoms with Gasteiger partial charge < -0.3 is 5.32 Å². The Hall–Kier alpha value is -8.21. The number of nitrogens with zero attached hydrogens (tertiary/aromatic N) is 3. The van der Waals surface area contributed by atoms with Crippen molar-refractivity contribution in [2.24, 2.45) is 9.98 Å². The zero-order chi connectivity index (χ0) is 41.7. The molecule has 4 heteroatoms. The molecule has 1 aliphatic heterocycles. The van der Waals surface area contributed by atoms with Crippen LogP contribution in [-0.2, 0) is 5.41 Å². The van der Waals surface area contributed by atoms with E-state index >= 15 is 0 Å². The highest BCUT2D eigenvalue weighted by Gasteiger charge is 2.46. The van der Waals surface area contributed by atoms with Crippen molar-refractivity contribution in [3.05, 3.63) is 269 Å². The summed E-state index contributed by atoms with van der Waals surface area (Å²) in [6, 6.07) is 82.5. The zero-order valence-corrected chi connectivity index (χ0v) is 34.4. The first-order valence-corrected chi connectivity index (χ1v) is 21.6. The Morgan fingerprint density at radius 2 is 0.968 bits per heavy atom. The van der Waals surface area contributed by atoms with E-state index in [2.05, 4.69) is 224 Å². The minimum atomic E-state index is -0.530. The lowest BCUT2D eigenvalue weighted by Crippen LogP contribution is -2.33.